The van der Waals surface area contributed by atoms with E-state index in [1.165, 1.54) is 0 Å². The topological polar surface area (TPSA) is 74.9 Å². The molecule has 1 aromatic heterocycles. The van der Waals surface area contributed by atoms with E-state index in [1.54, 1.807) is 18.2 Å². The Morgan fingerprint density at radius 1 is 1.23 bits per heavy atom. The Morgan fingerprint density at radius 3 is 2.58 bits per heavy atom. The van der Waals surface area contributed by atoms with Crippen LogP contribution in [0.2, 0.25) is 0 Å². The zero-order valence-corrected chi connectivity index (χ0v) is 15.1. The summed E-state index contributed by atoms with van der Waals surface area (Å²) in [5, 5.41) is 12.9. The van der Waals surface area contributed by atoms with Gasteiger partial charge in [-0.25, -0.2) is 4.79 Å². The minimum Gasteiger partial charge on any atom is -0.467 e. The number of urea groups is 1. The first kappa shape index (κ1) is 18.5. The highest BCUT2D eigenvalue weighted by Gasteiger charge is 2.35. The number of benzene rings is 1. The predicted molar refractivity (Wildman–Crippen MR) is 97.7 cm³/mol. The smallest absolute Gasteiger partial charge is 0.318 e. The lowest BCUT2D eigenvalue weighted by Gasteiger charge is -2.38. The summed E-state index contributed by atoms with van der Waals surface area (Å²) >= 11 is 0. The second-order valence-corrected chi connectivity index (χ2v) is 6.94. The lowest BCUT2D eigenvalue weighted by Crippen LogP contribution is -2.48. The fourth-order valence-electron chi connectivity index (χ4n) is 3.40. The molecule has 140 valence electrons. The van der Waals surface area contributed by atoms with E-state index in [1.807, 2.05) is 42.5 Å². The molecule has 0 unspecified atom stereocenters. The summed E-state index contributed by atoms with van der Waals surface area (Å²) in [4.78, 5) is 14.5. The molecular weight excluding hydrogens is 332 g/mol. The van der Waals surface area contributed by atoms with Crippen LogP contribution in [0.3, 0.4) is 0 Å². The number of carbonyl (C=O) groups is 1. The van der Waals surface area contributed by atoms with Crippen LogP contribution in [0.4, 0.5) is 4.79 Å². The third-order valence-corrected chi connectivity index (χ3v) is 5.04. The summed E-state index contributed by atoms with van der Waals surface area (Å²) in [5.74, 6) is 0.681. The Kier molecular flexibility index (Phi) is 5.96. The molecule has 2 N–H and O–H groups in total. The number of nitrogens with zero attached hydrogens (tertiary/aromatic N) is 1. The van der Waals surface area contributed by atoms with Crippen molar-refractivity contribution in [2.75, 3.05) is 33.4 Å². The van der Waals surface area contributed by atoms with Crippen molar-refractivity contribution in [3.8, 4) is 0 Å². The SMILES string of the molecule is CN(CC1(CO)CCOCC1)C(=O)N[C@H](c1ccccc1)c1ccco1. The van der Waals surface area contributed by atoms with Crippen LogP contribution in [0, 0.1) is 5.41 Å². The number of hydrogen-bond acceptors (Lipinski definition) is 4. The van der Waals surface area contributed by atoms with Gasteiger partial charge in [0.2, 0.25) is 0 Å². The summed E-state index contributed by atoms with van der Waals surface area (Å²) in [6, 6.07) is 12.8. The Balaban J connectivity index is 1.71. The van der Waals surface area contributed by atoms with Gasteiger partial charge in [0, 0.05) is 32.2 Å². The third kappa shape index (κ3) is 4.26. The largest absolute Gasteiger partial charge is 0.467 e. The quantitative estimate of drug-likeness (QED) is 0.833. The molecule has 1 aromatic carbocycles. The van der Waals surface area contributed by atoms with Gasteiger partial charge in [-0.15, -0.1) is 0 Å². The number of hydrogen-bond donors (Lipinski definition) is 2. The van der Waals surface area contributed by atoms with Crippen molar-refractivity contribution in [3.63, 3.8) is 0 Å². The van der Waals surface area contributed by atoms with Crippen molar-refractivity contribution < 1.29 is 19.1 Å². The molecule has 26 heavy (non-hydrogen) atoms. The minimum absolute atomic E-state index is 0.0499. The molecular formula is C20H26N2O4. The van der Waals surface area contributed by atoms with Gasteiger partial charge in [0.25, 0.3) is 0 Å². The second-order valence-electron chi connectivity index (χ2n) is 6.94. The maximum absolute atomic E-state index is 12.8. The van der Waals surface area contributed by atoms with Crippen LogP contribution in [0.15, 0.2) is 53.1 Å². The zero-order chi connectivity index (χ0) is 18.4. The summed E-state index contributed by atoms with van der Waals surface area (Å²) in [6.07, 6.45) is 3.10. The van der Waals surface area contributed by atoms with Gasteiger partial charge < -0.3 is 24.5 Å². The van der Waals surface area contributed by atoms with Gasteiger partial charge in [-0.2, -0.15) is 0 Å². The number of furan rings is 1. The first-order valence-electron chi connectivity index (χ1n) is 8.92. The highest BCUT2D eigenvalue weighted by molar-refractivity contribution is 5.75. The van der Waals surface area contributed by atoms with E-state index in [4.69, 9.17) is 9.15 Å². The second kappa shape index (κ2) is 8.38. The molecule has 1 fully saturated rings. The van der Waals surface area contributed by atoms with Crippen LogP contribution in [0.1, 0.15) is 30.2 Å². The molecule has 2 aromatic rings. The maximum atomic E-state index is 12.8. The van der Waals surface area contributed by atoms with Crippen molar-refractivity contribution in [2.45, 2.75) is 18.9 Å². The molecule has 6 nitrogen and oxygen atoms in total. The van der Waals surface area contributed by atoms with Crippen LogP contribution in [0.5, 0.6) is 0 Å². The first-order chi connectivity index (χ1) is 12.6. The number of ether oxygens (including phenoxy) is 1. The fraction of sp³-hybridized carbons (Fsp3) is 0.450. The molecule has 2 amide bonds. The monoisotopic (exact) mass is 358 g/mol. The molecule has 0 aliphatic carbocycles. The Morgan fingerprint density at radius 2 is 1.96 bits per heavy atom. The van der Waals surface area contributed by atoms with Gasteiger partial charge in [-0.1, -0.05) is 30.3 Å². The summed E-state index contributed by atoms with van der Waals surface area (Å²) < 4.78 is 10.9. The van der Waals surface area contributed by atoms with E-state index < -0.39 is 0 Å². The van der Waals surface area contributed by atoms with Crippen molar-refractivity contribution in [1.29, 1.82) is 0 Å². The van der Waals surface area contributed by atoms with Crippen molar-refractivity contribution in [3.05, 3.63) is 60.1 Å². The van der Waals surface area contributed by atoms with E-state index >= 15 is 0 Å². The van der Waals surface area contributed by atoms with Crippen LogP contribution < -0.4 is 5.32 Å². The number of aliphatic hydroxyl groups is 1. The number of amides is 2. The predicted octanol–water partition coefficient (Wildman–Crippen LogP) is 2.80. The Hall–Kier alpha value is -2.31. The molecule has 0 saturated carbocycles. The Bertz CT molecular complexity index is 681. The van der Waals surface area contributed by atoms with E-state index in [-0.39, 0.29) is 24.1 Å². The summed E-state index contributed by atoms with van der Waals surface area (Å²) in [5.41, 5.74) is 0.657. The van der Waals surface area contributed by atoms with Crippen LogP contribution in [-0.4, -0.2) is 49.5 Å². The lowest BCUT2D eigenvalue weighted by molar-refractivity contribution is -0.0261. The molecule has 1 aliphatic heterocycles. The molecule has 2 heterocycles. The van der Waals surface area contributed by atoms with Gasteiger partial charge in [0.1, 0.15) is 11.8 Å². The van der Waals surface area contributed by atoms with E-state index in [9.17, 15) is 9.90 Å². The molecule has 3 rings (SSSR count). The van der Waals surface area contributed by atoms with E-state index in [2.05, 4.69) is 5.32 Å². The normalized spacial score (nSPS) is 17.5. The van der Waals surface area contributed by atoms with Crippen molar-refractivity contribution >= 4 is 6.03 Å². The zero-order valence-electron chi connectivity index (χ0n) is 15.1. The molecule has 1 saturated heterocycles. The van der Waals surface area contributed by atoms with Gasteiger partial charge in [0.15, 0.2) is 0 Å². The van der Waals surface area contributed by atoms with Crippen LogP contribution in [0.25, 0.3) is 0 Å². The average molecular weight is 358 g/mol. The van der Waals surface area contributed by atoms with Gasteiger partial charge >= 0.3 is 6.03 Å². The number of nitrogens with one attached hydrogen (secondary N) is 1. The van der Waals surface area contributed by atoms with E-state index in [0.717, 1.165) is 18.4 Å². The van der Waals surface area contributed by atoms with Gasteiger partial charge in [-0.3, -0.25) is 0 Å². The average Bonchev–Trinajstić information content (AvgIpc) is 3.21. The molecule has 0 radical (unpaired) electrons. The van der Waals surface area contributed by atoms with Crippen LogP contribution >= 0.6 is 0 Å². The molecule has 6 heteroatoms. The van der Waals surface area contributed by atoms with Crippen LogP contribution in [-0.2, 0) is 4.74 Å². The van der Waals surface area contributed by atoms with Crippen molar-refractivity contribution in [1.82, 2.24) is 10.2 Å². The molecule has 1 aliphatic rings. The fourth-order valence-corrected chi connectivity index (χ4v) is 3.40. The Labute approximate surface area is 153 Å². The highest BCUT2D eigenvalue weighted by Crippen LogP contribution is 2.31. The van der Waals surface area contributed by atoms with Gasteiger partial charge in [-0.05, 0) is 30.5 Å². The highest BCUT2D eigenvalue weighted by atomic mass is 16.5. The standard InChI is InChI=1S/C20H26N2O4/c1-22(14-20(15-23)9-12-25-13-10-20)19(24)21-18(17-8-5-11-26-17)16-6-3-2-4-7-16/h2-8,11,18,23H,9-10,12-15H2,1H3,(H,21,24)/t18-/m1/s1. The molecule has 0 spiro atoms. The summed E-state index contributed by atoms with van der Waals surface area (Å²) in [7, 11) is 1.76. The summed E-state index contributed by atoms with van der Waals surface area (Å²) in [6.45, 7) is 1.77. The molecule has 1 atom stereocenters. The number of aliphatic hydroxyl groups excluding tert-OH is 1. The van der Waals surface area contributed by atoms with Gasteiger partial charge in [0.05, 0.1) is 12.9 Å². The molecule has 0 bridgehead atoms. The lowest BCUT2D eigenvalue weighted by atomic mass is 9.80. The maximum Gasteiger partial charge on any atom is 0.318 e. The first-order valence-corrected chi connectivity index (χ1v) is 8.92. The third-order valence-electron chi connectivity index (χ3n) is 5.04. The number of rotatable bonds is 6. The number of carbonyl (C=O) groups excluding carboxylic acids is 1. The van der Waals surface area contributed by atoms with E-state index in [0.29, 0.717) is 25.5 Å². The van der Waals surface area contributed by atoms with Crippen molar-refractivity contribution in [2.24, 2.45) is 5.41 Å². The minimum atomic E-state index is -0.360.